The van der Waals surface area contributed by atoms with Crippen LogP contribution in [0.3, 0.4) is 0 Å². The molecular formula is C19H22O4. The van der Waals surface area contributed by atoms with Crippen molar-refractivity contribution in [2.75, 3.05) is 14.2 Å². The van der Waals surface area contributed by atoms with Crippen LogP contribution in [-0.4, -0.2) is 25.3 Å². The van der Waals surface area contributed by atoms with E-state index in [2.05, 4.69) is 0 Å². The second-order valence-corrected chi connectivity index (χ2v) is 4.94. The van der Waals surface area contributed by atoms with Crippen LogP contribution in [-0.2, 0) is 4.79 Å². The minimum absolute atomic E-state index is 0.686. The summed E-state index contributed by atoms with van der Waals surface area (Å²) in [6.07, 6.45) is 10.6. The Bertz CT molecular complexity index is 664. The number of carboxylic acids is 1. The summed E-state index contributed by atoms with van der Waals surface area (Å²) in [6.45, 7) is 3.71. The lowest BCUT2D eigenvalue weighted by molar-refractivity contribution is -0.131. The average Bonchev–Trinajstić information content (AvgIpc) is 2.51. The highest BCUT2D eigenvalue weighted by Gasteiger charge is 2.02. The lowest BCUT2D eigenvalue weighted by atomic mass is 10.1. The van der Waals surface area contributed by atoms with Gasteiger partial charge >= 0.3 is 5.97 Å². The fraction of sp³-hybridized carbons (Fsp3) is 0.211. The molecule has 0 amide bonds. The summed E-state index contributed by atoms with van der Waals surface area (Å²) in [7, 11) is 3.21. The number of rotatable bonds is 7. The molecule has 0 spiro atoms. The third-order valence-electron chi connectivity index (χ3n) is 3.02. The van der Waals surface area contributed by atoms with E-state index in [9.17, 15) is 4.79 Å². The van der Waals surface area contributed by atoms with Crippen LogP contribution in [0.4, 0.5) is 0 Å². The van der Waals surface area contributed by atoms with Crippen molar-refractivity contribution in [3.8, 4) is 11.5 Å². The summed E-state index contributed by atoms with van der Waals surface area (Å²) >= 11 is 0. The van der Waals surface area contributed by atoms with Crippen molar-refractivity contribution >= 4 is 12.0 Å². The summed E-state index contributed by atoms with van der Waals surface area (Å²) in [5.74, 6) is 0.437. The Balaban J connectivity index is 2.78. The van der Waals surface area contributed by atoms with Crippen LogP contribution in [0.25, 0.3) is 6.08 Å². The minimum atomic E-state index is -0.943. The molecule has 1 aromatic rings. The second-order valence-electron chi connectivity index (χ2n) is 4.94. The molecule has 0 atom stereocenters. The van der Waals surface area contributed by atoms with E-state index in [4.69, 9.17) is 14.6 Å². The predicted octanol–water partition coefficient (Wildman–Crippen LogP) is 4.25. The molecule has 0 heterocycles. The highest BCUT2D eigenvalue weighted by molar-refractivity contribution is 5.81. The van der Waals surface area contributed by atoms with Crippen LogP contribution in [0.15, 0.2) is 59.7 Å². The maximum Gasteiger partial charge on any atom is 0.328 e. The molecule has 0 unspecified atom stereocenters. The number of hydrogen-bond acceptors (Lipinski definition) is 3. The van der Waals surface area contributed by atoms with Crippen molar-refractivity contribution in [1.82, 2.24) is 0 Å². The van der Waals surface area contributed by atoms with Crippen LogP contribution < -0.4 is 9.47 Å². The van der Waals surface area contributed by atoms with Gasteiger partial charge in [0.1, 0.15) is 0 Å². The van der Waals surface area contributed by atoms with Gasteiger partial charge < -0.3 is 14.6 Å². The van der Waals surface area contributed by atoms with E-state index in [0.29, 0.717) is 17.1 Å². The van der Waals surface area contributed by atoms with Gasteiger partial charge in [-0.2, -0.15) is 0 Å². The predicted molar refractivity (Wildman–Crippen MR) is 92.9 cm³/mol. The third kappa shape index (κ3) is 6.70. The molecule has 0 radical (unpaired) electrons. The molecule has 1 rings (SSSR count). The molecule has 122 valence electrons. The molecule has 0 aromatic heterocycles. The van der Waals surface area contributed by atoms with Gasteiger partial charge in [-0.05, 0) is 37.1 Å². The zero-order valence-electron chi connectivity index (χ0n) is 13.9. The van der Waals surface area contributed by atoms with E-state index in [1.165, 1.54) is 6.08 Å². The zero-order valence-corrected chi connectivity index (χ0v) is 13.9. The molecular weight excluding hydrogens is 292 g/mol. The Morgan fingerprint density at radius 2 is 1.74 bits per heavy atom. The highest BCUT2D eigenvalue weighted by Crippen LogP contribution is 2.28. The first-order chi connectivity index (χ1) is 11.0. The van der Waals surface area contributed by atoms with Gasteiger partial charge in [0.05, 0.1) is 14.2 Å². The van der Waals surface area contributed by atoms with E-state index < -0.39 is 5.97 Å². The van der Waals surface area contributed by atoms with E-state index in [1.54, 1.807) is 27.2 Å². The number of carbonyl (C=O) groups is 1. The molecule has 0 bridgehead atoms. The first-order valence-electron chi connectivity index (χ1n) is 7.12. The van der Waals surface area contributed by atoms with Gasteiger partial charge in [-0.3, -0.25) is 0 Å². The SMILES string of the molecule is COc1ccc(/C=C/C(C)=C/C=C/C(C)=C/C(=O)O)cc1OC. The van der Waals surface area contributed by atoms with Crippen LogP contribution in [0.2, 0.25) is 0 Å². The number of aliphatic carboxylic acids is 1. The zero-order chi connectivity index (χ0) is 17.2. The van der Waals surface area contributed by atoms with E-state index >= 15 is 0 Å². The molecule has 0 saturated carbocycles. The van der Waals surface area contributed by atoms with E-state index in [0.717, 1.165) is 11.1 Å². The largest absolute Gasteiger partial charge is 0.493 e. The molecule has 0 aliphatic carbocycles. The average molecular weight is 314 g/mol. The van der Waals surface area contributed by atoms with Crippen molar-refractivity contribution in [2.45, 2.75) is 13.8 Å². The van der Waals surface area contributed by atoms with Crippen molar-refractivity contribution in [1.29, 1.82) is 0 Å². The quantitative estimate of drug-likeness (QED) is 0.604. The summed E-state index contributed by atoms with van der Waals surface area (Å²) < 4.78 is 10.5. The minimum Gasteiger partial charge on any atom is -0.493 e. The number of carboxylic acid groups (broad SMARTS) is 1. The van der Waals surface area contributed by atoms with Crippen LogP contribution >= 0.6 is 0 Å². The highest BCUT2D eigenvalue weighted by atomic mass is 16.5. The Morgan fingerprint density at radius 3 is 2.35 bits per heavy atom. The molecule has 1 N–H and O–H groups in total. The number of methoxy groups -OCH3 is 2. The smallest absolute Gasteiger partial charge is 0.328 e. The fourth-order valence-corrected chi connectivity index (χ4v) is 1.83. The first kappa shape index (κ1) is 18.3. The van der Waals surface area contributed by atoms with Gasteiger partial charge in [-0.15, -0.1) is 0 Å². The maximum absolute atomic E-state index is 10.5. The van der Waals surface area contributed by atoms with Crippen LogP contribution in [0.5, 0.6) is 11.5 Å². The Morgan fingerprint density at radius 1 is 1.04 bits per heavy atom. The lowest BCUT2D eigenvalue weighted by Gasteiger charge is -2.07. The lowest BCUT2D eigenvalue weighted by Crippen LogP contribution is -1.90. The van der Waals surface area contributed by atoms with Crippen molar-refractivity contribution < 1.29 is 19.4 Å². The topological polar surface area (TPSA) is 55.8 Å². The van der Waals surface area contributed by atoms with Crippen LogP contribution in [0.1, 0.15) is 19.4 Å². The van der Waals surface area contributed by atoms with Gasteiger partial charge in [0.15, 0.2) is 11.5 Å². The van der Waals surface area contributed by atoms with Gasteiger partial charge in [0, 0.05) is 6.08 Å². The van der Waals surface area contributed by atoms with Gasteiger partial charge in [0.2, 0.25) is 0 Å². The Labute approximate surface area is 137 Å². The van der Waals surface area contributed by atoms with Gasteiger partial charge in [0.25, 0.3) is 0 Å². The van der Waals surface area contributed by atoms with Gasteiger partial charge in [-0.1, -0.05) is 42.0 Å². The maximum atomic E-state index is 10.5. The number of benzene rings is 1. The number of allylic oxidation sites excluding steroid dienone is 6. The van der Waals surface area contributed by atoms with Gasteiger partial charge in [-0.25, -0.2) is 4.79 Å². The molecule has 23 heavy (non-hydrogen) atoms. The number of ether oxygens (including phenoxy) is 2. The third-order valence-corrected chi connectivity index (χ3v) is 3.02. The molecule has 0 saturated heterocycles. The number of hydrogen-bond donors (Lipinski definition) is 1. The van der Waals surface area contributed by atoms with Crippen molar-refractivity contribution in [3.63, 3.8) is 0 Å². The van der Waals surface area contributed by atoms with E-state index in [-0.39, 0.29) is 0 Å². The summed E-state index contributed by atoms with van der Waals surface area (Å²) in [6, 6.07) is 5.70. The summed E-state index contributed by atoms with van der Waals surface area (Å²) in [5, 5.41) is 8.63. The standard InChI is InChI=1S/C19H22O4/c1-14(6-5-7-15(2)12-19(20)21)8-9-16-10-11-17(22-3)18(13-16)23-4/h5-13H,1-4H3,(H,20,21)/b7-5+,9-8+,14-6+,15-12+. The van der Waals surface area contributed by atoms with Crippen LogP contribution in [0, 0.1) is 0 Å². The molecule has 4 nitrogen and oxygen atoms in total. The normalized spacial score (nSPS) is 12.9. The molecule has 0 fully saturated rings. The summed E-state index contributed by atoms with van der Waals surface area (Å²) in [5.41, 5.74) is 2.73. The fourth-order valence-electron chi connectivity index (χ4n) is 1.83. The monoisotopic (exact) mass is 314 g/mol. The molecule has 0 aliphatic heterocycles. The Kier molecular flexibility index (Phi) is 7.40. The molecule has 4 heteroatoms. The molecule has 0 aliphatic rings. The molecule has 1 aromatic carbocycles. The first-order valence-corrected chi connectivity index (χ1v) is 7.12. The summed E-state index contributed by atoms with van der Waals surface area (Å²) in [4.78, 5) is 10.5. The van der Waals surface area contributed by atoms with E-state index in [1.807, 2.05) is 49.4 Å². The van der Waals surface area contributed by atoms with Crippen molar-refractivity contribution in [3.05, 3.63) is 65.3 Å². The second kappa shape index (κ2) is 9.30. The Hall–Kier alpha value is -2.75. The van der Waals surface area contributed by atoms with Crippen molar-refractivity contribution in [2.24, 2.45) is 0 Å².